The number of rotatable bonds is 12. The Morgan fingerprint density at radius 2 is 2.00 bits per heavy atom. The minimum absolute atomic E-state index is 0.0343. The second-order valence-corrected chi connectivity index (χ2v) is 10.4. The number of pyridine rings is 1. The normalized spacial score (nSPS) is 11.7. The highest BCUT2D eigenvalue weighted by Gasteiger charge is 2.25. The van der Waals surface area contributed by atoms with E-state index in [0.29, 0.717) is 42.3 Å². The van der Waals surface area contributed by atoms with Crippen LogP contribution in [0.2, 0.25) is 0 Å². The summed E-state index contributed by atoms with van der Waals surface area (Å²) in [5.74, 6) is 0.0869. The van der Waals surface area contributed by atoms with Gasteiger partial charge in [-0.1, -0.05) is 41.9 Å². The highest BCUT2D eigenvalue weighted by Crippen LogP contribution is 2.31. The van der Waals surface area contributed by atoms with Crippen molar-refractivity contribution in [1.29, 1.82) is 0 Å². The molecule has 4 rings (SSSR count). The Labute approximate surface area is 217 Å². The van der Waals surface area contributed by atoms with Gasteiger partial charge in [0.2, 0.25) is 5.88 Å². The van der Waals surface area contributed by atoms with Crippen molar-refractivity contribution in [3.8, 4) is 11.3 Å². The molecule has 37 heavy (non-hydrogen) atoms. The SMILES string of the molecule is CCCCc1cnnn1Cc1ccc(-c2ncccc2S(=O)(=O)Nc2onc(C)c2C)c(COCC)c1. The second kappa shape index (κ2) is 11.7. The summed E-state index contributed by atoms with van der Waals surface area (Å²) in [6, 6.07) is 8.97. The number of ether oxygens (including phenoxy) is 1. The van der Waals surface area contributed by atoms with Crippen molar-refractivity contribution in [3.05, 3.63) is 70.8 Å². The number of hydrogen-bond acceptors (Lipinski definition) is 8. The molecule has 0 saturated carbocycles. The maximum atomic E-state index is 13.4. The molecular weight excluding hydrogens is 492 g/mol. The standard InChI is InChI=1S/C26H32N6O4S/c1-5-7-9-22-15-28-31-32(22)16-20-11-12-23(21(14-20)17-35-6-2)25-24(10-8-13-27-25)37(33,34)30-26-18(3)19(4)29-36-26/h8,10-15,30H,5-7,9,16-17H2,1-4H3. The highest BCUT2D eigenvalue weighted by molar-refractivity contribution is 7.92. The van der Waals surface area contributed by atoms with Crippen molar-refractivity contribution in [3.63, 3.8) is 0 Å². The van der Waals surface area contributed by atoms with Crippen LogP contribution < -0.4 is 4.72 Å². The van der Waals surface area contributed by atoms with E-state index in [-0.39, 0.29) is 10.8 Å². The van der Waals surface area contributed by atoms with Crippen molar-refractivity contribution >= 4 is 15.9 Å². The Hall–Kier alpha value is -3.57. The number of benzene rings is 1. The van der Waals surface area contributed by atoms with E-state index in [1.54, 1.807) is 32.3 Å². The fraction of sp³-hybridized carbons (Fsp3) is 0.385. The number of nitrogens with zero attached hydrogens (tertiary/aromatic N) is 5. The number of unbranched alkanes of at least 4 members (excludes halogenated alkanes) is 1. The zero-order valence-electron chi connectivity index (χ0n) is 21.6. The zero-order chi connectivity index (χ0) is 26.4. The van der Waals surface area contributed by atoms with Crippen LogP contribution in [0.25, 0.3) is 11.3 Å². The Balaban J connectivity index is 1.70. The van der Waals surface area contributed by atoms with Crippen molar-refractivity contribution in [1.82, 2.24) is 25.1 Å². The van der Waals surface area contributed by atoms with Crippen LogP contribution in [-0.2, 0) is 34.3 Å². The largest absolute Gasteiger partial charge is 0.377 e. The number of anilines is 1. The van der Waals surface area contributed by atoms with Crippen LogP contribution in [0.15, 0.2) is 52.1 Å². The summed E-state index contributed by atoms with van der Waals surface area (Å²) in [4.78, 5) is 4.49. The van der Waals surface area contributed by atoms with Gasteiger partial charge in [-0.25, -0.2) is 17.8 Å². The predicted molar refractivity (Wildman–Crippen MR) is 140 cm³/mol. The third kappa shape index (κ3) is 6.05. The first kappa shape index (κ1) is 26.5. The van der Waals surface area contributed by atoms with Gasteiger partial charge in [0, 0.05) is 23.9 Å². The van der Waals surface area contributed by atoms with Crippen LogP contribution in [0.3, 0.4) is 0 Å². The lowest BCUT2D eigenvalue weighted by Gasteiger charge is -2.15. The fourth-order valence-corrected chi connectivity index (χ4v) is 5.16. The molecule has 0 bridgehead atoms. The molecule has 0 amide bonds. The van der Waals surface area contributed by atoms with Crippen LogP contribution in [-0.4, -0.2) is 40.2 Å². The van der Waals surface area contributed by atoms with E-state index in [2.05, 4.69) is 32.1 Å². The molecule has 1 N–H and O–H groups in total. The topological polar surface area (TPSA) is 125 Å². The minimum Gasteiger partial charge on any atom is -0.377 e. The van der Waals surface area contributed by atoms with Crippen molar-refractivity contribution < 1.29 is 17.7 Å². The van der Waals surface area contributed by atoms with E-state index in [9.17, 15) is 8.42 Å². The fourth-order valence-electron chi connectivity index (χ4n) is 3.94. The lowest BCUT2D eigenvalue weighted by Crippen LogP contribution is -2.15. The van der Waals surface area contributed by atoms with Crippen molar-refractivity contribution in [2.45, 2.75) is 65.0 Å². The quantitative estimate of drug-likeness (QED) is 0.283. The Morgan fingerprint density at radius 3 is 2.73 bits per heavy atom. The first-order chi connectivity index (χ1) is 17.8. The van der Waals surface area contributed by atoms with Gasteiger partial charge >= 0.3 is 0 Å². The molecule has 1 aromatic carbocycles. The van der Waals surface area contributed by atoms with Gasteiger partial charge in [-0.15, -0.1) is 5.10 Å². The molecule has 10 nitrogen and oxygen atoms in total. The molecule has 3 heterocycles. The van der Waals surface area contributed by atoms with Crippen LogP contribution in [0, 0.1) is 13.8 Å². The van der Waals surface area contributed by atoms with E-state index < -0.39 is 10.0 Å². The Bertz CT molecular complexity index is 1460. The number of aryl methyl sites for hydroxylation is 2. The molecule has 196 valence electrons. The molecule has 0 spiro atoms. The van der Waals surface area contributed by atoms with Gasteiger partial charge in [-0.2, -0.15) is 0 Å². The molecule has 0 aliphatic carbocycles. The first-order valence-corrected chi connectivity index (χ1v) is 13.8. The van der Waals surface area contributed by atoms with Gasteiger partial charge in [0.15, 0.2) is 0 Å². The smallest absolute Gasteiger partial charge is 0.266 e. The summed E-state index contributed by atoms with van der Waals surface area (Å²) < 4.78 is 42.1. The summed E-state index contributed by atoms with van der Waals surface area (Å²) in [7, 11) is -4.01. The number of nitrogens with one attached hydrogen (secondary N) is 1. The minimum atomic E-state index is -4.01. The summed E-state index contributed by atoms with van der Waals surface area (Å²) in [5, 5.41) is 12.2. The van der Waals surface area contributed by atoms with E-state index >= 15 is 0 Å². The molecule has 0 aliphatic rings. The summed E-state index contributed by atoms with van der Waals surface area (Å²) >= 11 is 0. The molecular formula is C26H32N6O4S. The average Bonchev–Trinajstić information content (AvgIpc) is 3.47. The highest BCUT2D eigenvalue weighted by atomic mass is 32.2. The van der Waals surface area contributed by atoms with Gasteiger partial charge < -0.3 is 9.26 Å². The number of hydrogen-bond donors (Lipinski definition) is 1. The lowest BCUT2D eigenvalue weighted by molar-refractivity contribution is 0.134. The molecule has 0 atom stereocenters. The van der Waals surface area contributed by atoms with Crippen LogP contribution in [0.1, 0.15) is 54.8 Å². The molecule has 0 unspecified atom stereocenters. The first-order valence-electron chi connectivity index (χ1n) is 12.3. The van der Waals surface area contributed by atoms with Crippen LogP contribution in [0.5, 0.6) is 0 Å². The zero-order valence-corrected chi connectivity index (χ0v) is 22.4. The molecule has 11 heteroatoms. The van der Waals surface area contributed by atoms with Crippen LogP contribution in [0.4, 0.5) is 5.88 Å². The van der Waals surface area contributed by atoms with Gasteiger partial charge in [0.05, 0.1) is 36.4 Å². The average molecular weight is 525 g/mol. The summed E-state index contributed by atoms with van der Waals surface area (Å²) in [6.07, 6.45) is 6.46. The monoisotopic (exact) mass is 524 g/mol. The molecule has 0 fully saturated rings. The lowest BCUT2D eigenvalue weighted by atomic mass is 10.0. The van der Waals surface area contributed by atoms with Gasteiger partial charge in [0.1, 0.15) is 4.90 Å². The third-order valence-corrected chi connectivity index (χ3v) is 7.51. The molecule has 0 aliphatic heterocycles. The van der Waals surface area contributed by atoms with E-state index in [1.165, 1.54) is 6.07 Å². The number of sulfonamides is 1. The molecule has 0 saturated heterocycles. The predicted octanol–water partition coefficient (Wildman–Crippen LogP) is 4.67. The Kier molecular flexibility index (Phi) is 8.34. The van der Waals surface area contributed by atoms with E-state index in [1.807, 2.05) is 29.8 Å². The second-order valence-electron chi connectivity index (χ2n) is 8.79. The third-order valence-electron chi connectivity index (χ3n) is 6.15. The van der Waals surface area contributed by atoms with Crippen molar-refractivity contribution in [2.24, 2.45) is 0 Å². The van der Waals surface area contributed by atoms with Gasteiger partial charge in [-0.3, -0.25) is 4.98 Å². The van der Waals surface area contributed by atoms with Gasteiger partial charge in [-0.05, 0) is 56.9 Å². The molecule has 3 aromatic heterocycles. The maximum absolute atomic E-state index is 13.4. The molecule has 0 radical (unpaired) electrons. The number of aromatic nitrogens is 5. The van der Waals surface area contributed by atoms with E-state index in [0.717, 1.165) is 36.1 Å². The summed E-state index contributed by atoms with van der Waals surface area (Å²) in [6.45, 7) is 8.95. The summed E-state index contributed by atoms with van der Waals surface area (Å²) in [5.41, 5.74) is 5.16. The van der Waals surface area contributed by atoms with E-state index in [4.69, 9.17) is 9.26 Å². The molecule has 4 aromatic rings. The Morgan fingerprint density at radius 1 is 1.16 bits per heavy atom. The van der Waals surface area contributed by atoms with Crippen molar-refractivity contribution in [2.75, 3.05) is 11.3 Å². The van der Waals surface area contributed by atoms with Gasteiger partial charge in [0.25, 0.3) is 10.0 Å². The maximum Gasteiger partial charge on any atom is 0.266 e. The van der Waals surface area contributed by atoms with Crippen LogP contribution >= 0.6 is 0 Å².